The van der Waals surface area contributed by atoms with Crippen LogP contribution >= 0.6 is 11.3 Å². The highest BCUT2D eigenvalue weighted by atomic mass is 32.1. The molecular weight excluding hydrogens is 291 g/mol. The molecule has 0 radical (unpaired) electrons. The Labute approximate surface area is 125 Å². The fourth-order valence-electron chi connectivity index (χ4n) is 2.26. The van der Waals surface area contributed by atoms with Gasteiger partial charge in [0.05, 0.1) is 18.8 Å². The van der Waals surface area contributed by atoms with E-state index in [0.717, 1.165) is 16.2 Å². The highest BCUT2D eigenvalue weighted by Gasteiger charge is 2.15. The minimum atomic E-state index is -0.402. The smallest absolute Gasteiger partial charge is 0.193 e. The van der Waals surface area contributed by atoms with Crippen LogP contribution in [0.4, 0.5) is 4.39 Å². The summed E-state index contributed by atoms with van der Waals surface area (Å²) in [5, 5.41) is 1.98. The molecule has 0 amide bonds. The van der Waals surface area contributed by atoms with Crippen LogP contribution in [0.1, 0.15) is 17.3 Å². The molecule has 7 heteroatoms. The Bertz CT molecular complexity index is 726. The molecule has 3 aromatic rings. The molecule has 0 aliphatic heterocycles. The second-order valence-electron chi connectivity index (χ2n) is 4.64. The maximum Gasteiger partial charge on any atom is 0.193 e. The van der Waals surface area contributed by atoms with E-state index < -0.39 is 5.82 Å². The van der Waals surface area contributed by atoms with Gasteiger partial charge < -0.3 is 4.74 Å². The first kappa shape index (κ1) is 14.0. The molecule has 0 aliphatic rings. The van der Waals surface area contributed by atoms with Gasteiger partial charge in [-0.15, -0.1) is 11.3 Å². The van der Waals surface area contributed by atoms with Crippen LogP contribution in [-0.2, 0) is 6.42 Å². The Morgan fingerprint density at radius 2 is 2.38 bits per heavy atom. The quantitative estimate of drug-likeness (QED) is 0.561. The zero-order valence-corrected chi connectivity index (χ0v) is 12.2. The summed E-state index contributed by atoms with van der Waals surface area (Å²) in [6.07, 6.45) is 4.49. The lowest BCUT2D eigenvalue weighted by atomic mass is 10.0. The van der Waals surface area contributed by atoms with E-state index in [2.05, 4.69) is 10.4 Å². The van der Waals surface area contributed by atoms with E-state index in [9.17, 15) is 4.39 Å². The first-order valence-electron chi connectivity index (χ1n) is 6.42. The first-order valence-corrected chi connectivity index (χ1v) is 7.30. The van der Waals surface area contributed by atoms with Gasteiger partial charge in [-0.3, -0.25) is 15.7 Å². The number of imidazole rings is 1. The molecule has 1 unspecified atom stereocenters. The van der Waals surface area contributed by atoms with E-state index in [1.807, 2.05) is 22.2 Å². The Morgan fingerprint density at radius 1 is 1.52 bits per heavy atom. The maximum absolute atomic E-state index is 13.8. The number of nitrogens with one attached hydrogen (secondary N) is 1. The number of methoxy groups -OCH3 is 1. The summed E-state index contributed by atoms with van der Waals surface area (Å²) in [6, 6.07) is 4.61. The van der Waals surface area contributed by atoms with Crippen molar-refractivity contribution >= 4 is 16.3 Å². The molecule has 2 aromatic heterocycles. The lowest BCUT2D eigenvalue weighted by Gasteiger charge is -2.16. The molecule has 0 bridgehead atoms. The number of halogens is 1. The lowest BCUT2D eigenvalue weighted by Crippen LogP contribution is -2.29. The van der Waals surface area contributed by atoms with Gasteiger partial charge in [0.25, 0.3) is 0 Å². The molecule has 1 atom stereocenters. The summed E-state index contributed by atoms with van der Waals surface area (Å²) in [6.45, 7) is 0. The van der Waals surface area contributed by atoms with Gasteiger partial charge in [0.2, 0.25) is 0 Å². The van der Waals surface area contributed by atoms with Crippen LogP contribution < -0.4 is 16.0 Å². The third-order valence-corrected chi connectivity index (χ3v) is 4.11. The molecule has 1 aromatic carbocycles. The van der Waals surface area contributed by atoms with E-state index in [-0.39, 0.29) is 11.8 Å². The Balaban J connectivity index is 1.84. The van der Waals surface area contributed by atoms with Gasteiger partial charge in [-0.05, 0) is 17.7 Å². The number of hydrazine groups is 1. The van der Waals surface area contributed by atoms with Gasteiger partial charge in [0, 0.05) is 24.2 Å². The predicted octanol–water partition coefficient (Wildman–Crippen LogP) is 2.29. The monoisotopic (exact) mass is 306 g/mol. The topological polar surface area (TPSA) is 64.6 Å². The number of nitrogens with zero attached hydrogens (tertiary/aromatic N) is 2. The summed E-state index contributed by atoms with van der Waals surface area (Å²) in [5.41, 5.74) is 4.38. The number of nitrogens with two attached hydrogens (primary N) is 1. The van der Waals surface area contributed by atoms with Crippen molar-refractivity contribution in [2.24, 2.45) is 5.84 Å². The molecule has 0 spiro atoms. The molecule has 3 rings (SSSR count). The highest BCUT2D eigenvalue weighted by Crippen LogP contribution is 2.24. The number of rotatable bonds is 5. The van der Waals surface area contributed by atoms with Crippen LogP contribution in [0.15, 0.2) is 36.0 Å². The highest BCUT2D eigenvalue weighted by molar-refractivity contribution is 7.15. The van der Waals surface area contributed by atoms with Gasteiger partial charge in [-0.1, -0.05) is 6.07 Å². The molecule has 21 heavy (non-hydrogen) atoms. The van der Waals surface area contributed by atoms with Crippen molar-refractivity contribution in [3.63, 3.8) is 0 Å². The second kappa shape index (κ2) is 5.80. The molecule has 2 heterocycles. The number of thiazole rings is 1. The largest absolute Gasteiger partial charge is 0.494 e. The van der Waals surface area contributed by atoms with Crippen molar-refractivity contribution in [3.05, 3.63) is 53.0 Å². The van der Waals surface area contributed by atoms with E-state index in [1.54, 1.807) is 23.5 Å². The zero-order chi connectivity index (χ0) is 14.8. The first-order chi connectivity index (χ1) is 10.2. The summed E-state index contributed by atoms with van der Waals surface area (Å²) >= 11 is 1.57. The van der Waals surface area contributed by atoms with Gasteiger partial charge in [0.15, 0.2) is 16.5 Å². The number of hydrogen-bond donors (Lipinski definition) is 2. The van der Waals surface area contributed by atoms with E-state index in [0.29, 0.717) is 6.42 Å². The third kappa shape index (κ3) is 2.76. The molecular formula is C14H15FN4OS. The summed E-state index contributed by atoms with van der Waals surface area (Å²) in [5.74, 6) is 5.42. The second-order valence-corrected chi connectivity index (χ2v) is 5.52. The number of ether oxygens (including phenoxy) is 1. The fourth-order valence-corrected chi connectivity index (χ4v) is 2.97. The van der Waals surface area contributed by atoms with Crippen molar-refractivity contribution < 1.29 is 9.13 Å². The molecule has 0 aliphatic carbocycles. The SMILES string of the molecule is COc1ccc(C(Cc2cn3ccsc3n2)NN)cc1F. The van der Waals surface area contributed by atoms with Crippen molar-refractivity contribution in [3.8, 4) is 5.75 Å². The van der Waals surface area contributed by atoms with Gasteiger partial charge in [-0.25, -0.2) is 9.37 Å². The number of aromatic nitrogens is 2. The minimum Gasteiger partial charge on any atom is -0.494 e. The van der Waals surface area contributed by atoms with Crippen LogP contribution in [0.2, 0.25) is 0 Å². The van der Waals surface area contributed by atoms with Crippen molar-refractivity contribution in [1.82, 2.24) is 14.8 Å². The van der Waals surface area contributed by atoms with E-state index in [1.165, 1.54) is 13.2 Å². The average molecular weight is 306 g/mol. The van der Waals surface area contributed by atoms with Gasteiger partial charge >= 0.3 is 0 Å². The summed E-state index contributed by atoms with van der Waals surface area (Å²) < 4.78 is 20.7. The number of hydrogen-bond acceptors (Lipinski definition) is 5. The van der Waals surface area contributed by atoms with Crippen LogP contribution in [0.25, 0.3) is 4.96 Å². The zero-order valence-electron chi connectivity index (χ0n) is 11.4. The molecule has 110 valence electrons. The van der Waals surface area contributed by atoms with Crippen LogP contribution in [0, 0.1) is 5.82 Å². The van der Waals surface area contributed by atoms with Crippen LogP contribution in [-0.4, -0.2) is 16.5 Å². The van der Waals surface area contributed by atoms with Crippen LogP contribution in [0.3, 0.4) is 0 Å². The molecule has 3 N–H and O–H groups in total. The normalized spacial score (nSPS) is 12.7. The van der Waals surface area contributed by atoms with Crippen LogP contribution in [0.5, 0.6) is 5.75 Å². The Morgan fingerprint density at radius 3 is 3.05 bits per heavy atom. The Hall–Kier alpha value is -1.96. The summed E-state index contributed by atoms with van der Waals surface area (Å²) in [7, 11) is 1.44. The molecule has 0 saturated heterocycles. The molecule has 5 nitrogen and oxygen atoms in total. The predicted molar refractivity (Wildman–Crippen MR) is 79.8 cm³/mol. The van der Waals surface area contributed by atoms with Gasteiger partial charge in [0.1, 0.15) is 0 Å². The average Bonchev–Trinajstić information content (AvgIpc) is 3.05. The summed E-state index contributed by atoms with van der Waals surface area (Å²) in [4.78, 5) is 5.44. The standard InChI is InChI=1S/C14H15FN4OS/c1-20-13-3-2-9(6-11(13)15)12(18-16)7-10-8-19-4-5-21-14(19)17-10/h2-6,8,12,18H,7,16H2,1H3. The van der Waals surface area contributed by atoms with Gasteiger partial charge in [-0.2, -0.15) is 0 Å². The van der Waals surface area contributed by atoms with Crippen molar-refractivity contribution in [2.45, 2.75) is 12.5 Å². The molecule has 0 saturated carbocycles. The number of benzene rings is 1. The molecule has 0 fully saturated rings. The van der Waals surface area contributed by atoms with E-state index in [4.69, 9.17) is 10.6 Å². The third-order valence-electron chi connectivity index (χ3n) is 3.34. The van der Waals surface area contributed by atoms with E-state index >= 15 is 0 Å². The number of fused-ring (bicyclic) bond motifs is 1. The maximum atomic E-state index is 13.8. The fraction of sp³-hybridized carbons (Fsp3) is 0.214. The Kier molecular flexibility index (Phi) is 3.87. The van der Waals surface area contributed by atoms with Crippen molar-refractivity contribution in [2.75, 3.05) is 7.11 Å². The minimum absolute atomic E-state index is 0.213. The lowest BCUT2D eigenvalue weighted by molar-refractivity contribution is 0.385. The van der Waals surface area contributed by atoms with Crippen molar-refractivity contribution in [1.29, 1.82) is 0 Å².